The van der Waals surface area contributed by atoms with Gasteiger partial charge in [0.25, 0.3) is 11.8 Å². The van der Waals surface area contributed by atoms with Crippen molar-refractivity contribution >= 4 is 34.4 Å². The largest absolute Gasteiger partial charge is 0.383 e. The zero-order valence-electron chi connectivity index (χ0n) is 22.4. The van der Waals surface area contributed by atoms with Crippen LogP contribution < -0.4 is 11.1 Å². The highest BCUT2D eigenvalue weighted by Crippen LogP contribution is 2.41. The lowest BCUT2D eigenvalue weighted by Gasteiger charge is -2.21. The normalized spacial score (nSPS) is 14.9. The predicted molar refractivity (Wildman–Crippen MR) is 153 cm³/mol. The van der Waals surface area contributed by atoms with Gasteiger partial charge in [-0.05, 0) is 55.2 Å². The number of hydrogen-bond donors (Lipinski definition) is 2. The van der Waals surface area contributed by atoms with Gasteiger partial charge in [-0.15, -0.1) is 0 Å². The second kappa shape index (κ2) is 10.7. The monoisotopic (exact) mass is 524 g/mol. The molecule has 1 aliphatic rings. The standard InChI is InChI=1S/C30H32N6O3/c1-18(2)29(37)34-22-13-11-20(12-14-22)26-24(25-27(31)32-17-33-28(25)36(26)4)19-7-9-21(10-8-19)30(38)35(3)16-23-6-5-15-39-23/h7-14,17,23H,1,5-6,15-16H2,2-4H3,(H,34,37)(H2,31,32,33). The van der Waals surface area contributed by atoms with Gasteiger partial charge >= 0.3 is 0 Å². The number of carbonyl (C=O) groups excluding carboxylic acids is 2. The van der Waals surface area contributed by atoms with Crippen molar-refractivity contribution in [2.24, 2.45) is 7.05 Å². The summed E-state index contributed by atoms with van der Waals surface area (Å²) in [4.78, 5) is 35.6. The van der Waals surface area contributed by atoms with E-state index in [-0.39, 0.29) is 17.9 Å². The maximum absolute atomic E-state index is 13.1. The Morgan fingerprint density at radius 1 is 1.13 bits per heavy atom. The maximum Gasteiger partial charge on any atom is 0.253 e. The Kier molecular flexibility index (Phi) is 7.17. The van der Waals surface area contributed by atoms with Gasteiger partial charge in [-0.3, -0.25) is 9.59 Å². The van der Waals surface area contributed by atoms with Crippen LogP contribution in [0.15, 0.2) is 67.0 Å². The first-order chi connectivity index (χ1) is 18.7. The molecule has 3 heterocycles. The SMILES string of the molecule is C=C(C)C(=O)Nc1ccc(-c2c(-c3ccc(C(=O)N(C)CC4CCCO4)cc3)c3c(N)ncnc3n2C)cc1. The molecule has 2 aromatic carbocycles. The second-order valence-corrected chi connectivity index (χ2v) is 9.95. The number of nitrogens with zero attached hydrogens (tertiary/aromatic N) is 4. The molecule has 200 valence electrons. The highest BCUT2D eigenvalue weighted by Gasteiger charge is 2.24. The Balaban J connectivity index is 1.52. The van der Waals surface area contributed by atoms with Gasteiger partial charge in [-0.1, -0.05) is 30.8 Å². The quantitative estimate of drug-likeness (QED) is 0.340. The third kappa shape index (κ3) is 5.13. The lowest BCUT2D eigenvalue weighted by atomic mass is 9.97. The number of aromatic nitrogens is 3. The zero-order chi connectivity index (χ0) is 27.7. The Bertz CT molecular complexity index is 1550. The summed E-state index contributed by atoms with van der Waals surface area (Å²) in [5, 5.41) is 3.57. The van der Waals surface area contributed by atoms with Crippen LogP contribution in [0.1, 0.15) is 30.1 Å². The summed E-state index contributed by atoms with van der Waals surface area (Å²) < 4.78 is 7.67. The van der Waals surface area contributed by atoms with Crippen LogP contribution >= 0.6 is 0 Å². The third-order valence-corrected chi connectivity index (χ3v) is 7.07. The minimum absolute atomic E-state index is 0.0505. The summed E-state index contributed by atoms with van der Waals surface area (Å²) in [5.74, 6) is 0.0937. The Morgan fingerprint density at radius 3 is 2.46 bits per heavy atom. The third-order valence-electron chi connectivity index (χ3n) is 7.07. The number of nitrogens with one attached hydrogen (secondary N) is 1. The number of anilines is 2. The minimum atomic E-state index is -0.229. The number of ether oxygens (including phenoxy) is 1. The molecule has 9 heteroatoms. The molecule has 1 unspecified atom stereocenters. The summed E-state index contributed by atoms with van der Waals surface area (Å²) in [5.41, 5.74) is 12.3. The fraction of sp³-hybridized carbons (Fsp3) is 0.267. The van der Waals surface area contributed by atoms with E-state index < -0.39 is 0 Å². The summed E-state index contributed by atoms with van der Waals surface area (Å²) in [7, 11) is 3.74. The van der Waals surface area contributed by atoms with Crippen LogP contribution in [0.3, 0.4) is 0 Å². The molecular weight excluding hydrogens is 492 g/mol. The Hall–Kier alpha value is -4.50. The molecular formula is C30H32N6O3. The number of carbonyl (C=O) groups is 2. The van der Waals surface area contributed by atoms with Crippen molar-refractivity contribution in [3.63, 3.8) is 0 Å². The van der Waals surface area contributed by atoms with E-state index in [9.17, 15) is 9.59 Å². The summed E-state index contributed by atoms with van der Waals surface area (Å²) >= 11 is 0. The average Bonchev–Trinajstić information content (AvgIpc) is 3.55. The average molecular weight is 525 g/mol. The fourth-order valence-electron chi connectivity index (χ4n) is 5.02. The van der Waals surface area contributed by atoms with Crippen LogP contribution in [-0.4, -0.2) is 57.6 Å². The first-order valence-electron chi connectivity index (χ1n) is 12.9. The van der Waals surface area contributed by atoms with Crippen molar-refractivity contribution in [3.05, 3.63) is 72.6 Å². The van der Waals surface area contributed by atoms with Crippen molar-refractivity contribution in [1.82, 2.24) is 19.4 Å². The van der Waals surface area contributed by atoms with E-state index in [0.717, 1.165) is 47.2 Å². The molecule has 0 radical (unpaired) electrons. The van der Waals surface area contributed by atoms with Gasteiger partial charge < -0.3 is 25.3 Å². The lowest BCUT2D eigenvalue weighted by Crippen LogP contribution is -2.34. The van der Waals surface area contributed by atoms with Crippen molar-refractivity contribution in [1.29, 1.82) is 0 Å². The van der Waals surface area contributed by atoms with Crippen LogP contribution in [0, 0.1) is 0 Å². The molecule has 1 fully saturated rings. The molecule has 0 bridgehead atoms. The van der Waals surface area contributed by atoms with Gasteiger partial charge in [0.1, 0.15) is 17.8 Å². The Morgan fingerprint density at radius 2 is 1.82 bits per heavy atom. The smallest absolute Gasteiger partial charge is 0.253 e. The number of hydrogen-bond acceptors (Lipinski definition) is 6. The molecule has 3 N–H and O–H groups in total. The number of fused-ring (bicyclic) bond motifs is 1. The number of aryl methyl sites for hydroxylation is 1. The number of nitrogen functional groups attached to an aromatic ring is 1. The predicted octanol–water partition coefficient (Wildman–Crippen LogP) is 4.65. The van der Waals surface area contributed by atoms with Crippen molar-refractivity contribution in [2.75, 3.05) is 31.2 Å². The van der Waals surface area contributed by atoms with E-state index >= 15 is 0 Å². The highest BCUT2D eigenvalue weighted by molar-refractivity contribution is 6.08. The van der Waals surface area contributed by atoms with E-state index in [2.05, 4.69) is 21.9 Å². The Labute approximate surface area is 227 Å². The molecule has 2 aromatic heterocycles. The molecule has 0 saturated carbocycles. The van der Waals surface area contributed by atoms with E-state index in [0.29, 0.717) is 34.8 Å². The molecule has 1 saturated heterocycles. The first kappa shape index (κ1) is 26.1. The van der Waals surface area contributed by atoms with Gasteiger partial charge in [0.15, 0.2) is 0 Å². The van der Waals surface area contributed by atoms with Gasteiger partial charge in [0.05, 0.1) is 17.2 Å². The van der Waals surface area contributed by atoms with Crippen LogP contribution in [0.25, 0.3) is 33.4 Å². The second-order valence-electron chi connectivity index (χ2n) is 9.95. The number of benzene rings is 2. The zero-order valence-corrected chi connectivity index (χ0v) is 22.4. The molecule has 5 rings (SSSR count). The van der Waals surface area contributed by atoms with E-state index in [1.165, 1.54) is 6.33 Å². The maximum atomic E-state index is 13.1. The van der Waals surface area contributed by atoms with Gasteiger partial charge in [0, 0.05) is 49.6 Å². The van der Waals surface area contributed by atoms with Gasteiger partial charge in [-0.2, -0.15) is 0 Å². The van der Waals surface area contributed by atoms with Gasteiger partial charge in [0.2, 0.25) is 0 Å². The number of nitrogens with two attached hydrogens (primary N) is 1. The molecule has 0 spiro atoms. The summed E-state index contributed by atoms with van der Waals surface area (Å²) in [6, 6.07) is 15.1. The molecule has 0 aliphatic carbocycles. The topological polar surface area (TPSA) is 115 Å². The number of amides is 2. The molecule has 4 aromatic rings. The summed E-state index contributed by atoms with van der Waals surface area (Å²) in [6.07, 6.45) is 3.56. The molecule has 1 aliphatic heterocycles. The molecule has 9 nitrogen and oxygen atoms in total. The van der Waals surface area contributed by atoms with Crippen LogP contribution in [0.2, 0.25) is 0 Å². The van der Waals surface area contributed by atoms with Crippen LogP contribution in [-0.2, 0) is 16.6 Å². The number of likely N-dealkylation sites (N-methyl/N-ethyl adjacent to an activating group) is 1. The first-order valence-corrected chi connectivity index (χ1v) is 12.9. The van der Waals surface area contributed by atoms with Crippen LogP contribution in [0.4, 0.5) is 11.5 Å². The van der Waals surface area contributed by atoms with E-state index in [1.807, 2.05) is 60.1 Å². The fourth-order valence-corrected chi connectivity index (χ4v) is 5.02. The van der Waals surface area contributed by atoms with Gasteiger partial charge in [-0.25, -0.2) is 9.97 Å². The molecule has 2 amide bonds. The summed E-state index contributed by atoms with van der Waals surface area (Å²) in [6.45, 7) is 6.68. The molecule has 39 heavy (non-hydrogen) atoms. The van der Waals surface area contributed by atoms with Crippen molar-refractivity contribution in [3.8, 4) is 22.4 Å². The molecule has 1 atom stereocenters. The minimum Gasteiger partial charge on any atom is -0.383 e. The van der Waals surface area contributed by atoms with E-state index in [4.69, 9.17) is 10.5 Å². The highest BCUT2D eigenvalue weighted by atomic mass is 16.5. The van der Waals surface area contributed by atoms with Crippen LogP contribution in [0.5, 0.6) is 0 Å². The van der Waals surface area contributed by atoms with E-state index in [1.54, 1.807) is 18.9 Å². The lowest BCUT2D eigenvalue weighted by molar-refractivity contribution is -0.112. The van der Waals surface area contributed by atoms with Crippen molar-refractivity contribution in [2.45, 2.75) is 25.9 Å². The van der Waals surface area contributed by atoms with Crippen molar-refractivity contribution < 1.29 is 14.3 Å². The number of rotatable bonds is 7.